The van der Waals surface area contributed by atoms with Crippen molar-refractivity contribution in [1.82, 2.24) is 0 Å². The number of hydrogen-bond acceptors (Lipinski definition) is 4. The summed E-state index contributed by atoms with van der Waals surface area (Å²) in [7, 11) is 2.74. The van der Waals surface area contributed by atoms with Crippen molar-refractivity contribution in [2.75, 3.05) is 14.2 Å². The van der Waals surface area contributed by atoms with Crippen molar-refractivity contribution >= 4 is 17.3 Å². The van der Waals surface area contributed by atoms with Crippen molar-refractivity contribution in [2.45, 2.75) is 0 Å². The Hall–Kier alpha value is -1.88. The molecule has 0 amide bonds. The molecule has 1 aromatic heterocycles. The Balaban J connectivity index is 2.34. The van der Waals surface area contributed by atoms with E-state index in [1.807, 2.05) is 0 Å². The maximum Gasteiger partial charge on any atom is 0.348 e. The van der Waals surface area contributed by atoms with Crippen LogP contribution in [0.25, 0.3) is 10.4 Å². The molecule has 0 aliphatic carbocycles. The molecular weight excluding hydrogens is 255 g/mol. The summed E-state index contributed by atoms with van der Waals surface area (Å²) >= 11 is 1.26. The smallest absolute Gasteiger partial charge is 0.348 e. The molecule has 0 N–H and O–H groups in total. The van der Waals surface area contributed by atoms with E-state index in [0.29, 0.717) is 10.4 Å². The van der Waals surface area contributed by atoms with Gasteiger partial charge in [0.25, 0.3) is 0 Å². The average Bonchev–Trinajstić information content (AvgIpc) is 2.87. The van der Waals surface area contributed by atoms with E-state index in [2.05, 4.69) is 4.74 Å². The Kier molecular flexibility index (Phi) is 3.62. The largest absolute Gasteiger partial charge is 0.494 e. The van der Waals surface area contributed by atoms with Gasteiger partial charge in [0.1, 0.15) is 4.88 Å². The highest BCUT2D eigenvalue weighted by atomic mass is 32.1. The molecule has 0 saturated heterocycles. The topological polar surface area (TPSA) is 35.5 Å². The van der Waals surface area contributed by atoms with Crippen LogP contribution in [0, 0.1) is 5.82 Å². The van der Waals surface area contributed by atoms with Crippen LogP contribution in [0.1, 0.15) is 9.67 Å². The number of carbonyl (C=O) groups is 1. The van der Waals surface area contributed by atoms with Gasteiger partial charge in [-0.05, 0) is 35.9 Å². The fraction of sp³-hybridized carbons (Fsp3) is 0.154. The van der Waals surface area contributed by atoms with Gasteiger partial charge in [0.05, 0.1) is 14.2 Å². The number of esters is 1. The molecule has 0 fully saturated rings. The summed E-state index contributed by atoms with van der Waals surface area (Å²) in [5.41, 5.74) is 0.702. The molecule has 2 aromatic rings. The van der Waals surface area contributed by atoms with E-state index >= 15 is 0 Å². The average molecular weight is 266 g/mol. The standard InChI is InChI=1S/C13H11FO3S/c1-16-10-4-3-8(7-9(10)14)11-5-6-12(18-11)13(15)17-2/h3-7H,1-2H3. The third-order valence-corrected chi connectivity index (χ3v) is 3.54. The Bertz CT molecular complexity index is 577. The van der Waals surface area contributed by atoms with E-state index in [1.165, 1.54) is 31.6 Å². The second-order valence-corrected chi connectivity index (χ2v) is 4.59. The van der Waals surface area contributed by atoms with Gasteiger partial charge in [0, 0.05) is 4.88 Å². The van der Waals surface area contributed by atoms with Crippen molar-refractivity contribution in [3.63, 3.8) is 0 Å². The predicted octanol–water partition coefficient (Wildman–Crippen LogP) is 3.35. The third kappa shape index (κ3) is 2.36. The van der Waals surface area contributed by atoms with Gasteiger partial charge in [0.2, 0.25) is 0 Å². The molecule has 0 radical (unpaired) electrons. The molecule has 2 rings (SSSR count). The Morgan fingerprint density at radius 2 is 2.00 bits per heavy atom. The highest BCUT2D eigenvalue weighted by Gasteiger charge is 2.11. The highest BCUT2D eigenvalue weighted by Crippen LogP contribution is 2.31. The minimum Gasteiger partial charge on any atom is -0.494 e. The second-order valence-electron chi connectivity index (χ2n) is 3.50. The van der Waals surface area contributed by atoms with Crippen LogP contribution >= 0.6 is 11.3 Å². The second kappa shape index (κ2) is 5.18. The lowest BCUT2D eigenvalue weighted by Crippen LogP contribution is -1.96. The van der Waals surface area contributed by atoms with Gasteiger partial charge in [0.15, 0.2) is 11.6 Å². The quantitative estimate of drug-likeness (QED) is 0.799. The number of ether oxygens (including phenoxy) is 2. The van der Waals surface area contributed by atoms with E-state index in [4.69, 9.17) is 4.74 Å². The van der Waals surface area contributed by atoms with E-state index in [-0.39, 0.29) is 11.7 Å². The first-order valence-electron chi connectivity index (χ1n) is 5.17. The molecule has 1 heterocycles. The van der Waals surface area contributed by atoms with E-state index in [0.717, 1.165) is 4.88 Å². The van der Waals surface area contributed by atoms with Gasteiger partial charge in [-0.25, -0.2) is 9.18 Å². The summed E-state index contributed by atoms with van der Waals surface area (Å²) < 4.78 is 23.0. The number of thiophene rings is 1. The molecule has 1 aromatic carbocycles. The summed E-state index contributed by atoms with van der Waals surface area (Å²) in [6.07, 6.45) is 0. The van der Waals surface area contributed by atoms with Crippen LogP contribution in [0.2, 0.25) is 0 Å². The predicted molar refractivity (Wildman–Crippen MR) is 67.6 cm³/mol. The first kappa shape index (κ1) is 12.6. The van der Waals surface area contributed by atoms with Crippen LogP contribution in [-0.2, 0) is 4.74 Å². The lowest BCUT2D eigenvalue weighted by Gasteiger charge is -2.03. The van der Waals surface area contributed by atoms with Crippen LogP contribution in [-0.4, -0.2) is 20.2 Å². The molecule has 0 saturated carbocycles. The zero-order valence-electron chi connectivity index (χ0n) is 9.90. The number of hydrogen-bond donors (Lipinski definition) is 0. The lowest BCUT2D eigenvalue weighted by atomic mass is 10.2. The van der Waals surface area contributed by atoms with Crippen molar-refractivity contribution in [3.05, 3.63) is 41.0 Å². The SMILES string of the molecule is COC(=O)c1ccc(-c2ccc(OC)c(F)c2)s1. The van der Waals surface area contributed by atoms with Crippen LogP contribution in [0.3, 0.4) is 0 Å². The number of methoxy groups -OCH3 is 2. The first-order chi connectivity index (χ1) is 8.65. The van der Waals surface area contributed by atoms with Crippen LogP contribution in [0.15, 0.2) is 30.3 Å². The third-order valence-electron chi connectivity index (χ3n) is 2.43. The fourth-order valence-electron chi connectivity index (χ4n) is 1.52. The number of carbonyl (C=O) groups excluding carboxylic acids is 1. The normalized spacial score (nSPS) is 10.2. The first-order valence-corrected chi connectivity index (χ1v) is 5.99. The van der Waals surface area contributed by atoms with Crippen molar-refractivity contribution in [3.8, 4) is 16.2 Å². The number of benzene rings is 1. The minimum absolute atomic E-state index is 0.198. The maximum atomic E-state index is 13.6. The van der Waals surface area contributed by atoms with E-state index in [9.17, 15) is 9.18 Å². The summed E-state index contributed by atoms with van der Waals surface area (Å²) in [6, 6.07) is 8.11. The molecule has 18 heavy (non-hydrogen) atoms. The number of halogens is 1. The van der Waals surface area contributed by atoms with Gasteiger partial charge in [-0.1, -0.05) is 0 Å². The molecule has 0 aliphatic heterocycles. The Morgan fingerprint density at radius 3 is 2.61 bits per heavy atom. The Morgan fingerprint density at radius 1 is 1.22 bits per heavy atom. The maximum absolute atomic E-state index is 13.6. The monoisotopic (exact) mass is 266 g/mol. The van der Waals surface area contributed by atoms with Gasteiger partial charge >= 0.3 is 5.97 Å². The lowest BCUT2D eigenvalue weighted by molar-refractivity contribution is 0.0606. The van der Waals surface area contributed by atoms with Crippen molar-refractivity contribution in [2.24, 2.45) is 0 Å². The molecule has 94 valence electrons. The summed E-state index contributed by atoms with van der Waals surface area (Å²) in [5, 5.41) is 0. The highest BCUT2D eigenvalue weighted by molar-refractivity contribution is 7.17. The molecule has 0 aliphatic rings. The molecular formula is C13H11FO3S. The van der Waals surface area contributed by atoms with Crippen LogP contribution < -0.4 is 4.74 Å². The summed E-state index contributed by atoms with van der Waals surface area (Å²) in [6.45, 7) is 0. The zero-order valence-corrected chi connectivity index (χ0v) is 10.7. The van der Waals surface area contributed by atoms with Crippen molar-refractivity contribution < 1.29 is 18.7 Å². The summed E-state index contributed by atoms with van der Waals surface area (Å²) in [5.74, 6) is -0.619. The molecule has 0 atom stereocenters. The summed E-state index contributed by atoms with van der Waals surface area (Å²) in [4.78, 5) is 12.6. The number of rotatable bonds is 3. The molecule has 0 bridgehead atoms. The van der Waals surface area contributed by atoms with Gasteiger partial charge in [-0.3, -0.25) is 0 Å². The zero-order chi connectivity index (χ0) is 13.1. The van der Waals surface area contributed by atoms with E-state index < -0.39 is 5.82 Å². The molecule has 0 spiro atoms. The van der Waals surface area contributed by atoms with Crippen LogP contribution in [0.5, 0.6) is 5.75 Å². The molecule has 5 heteroatoms. The minimum atomic E-state index is -0.428. The van der Waals surface area contributed by atoms with Gasteiger partial charge in [-0.2, -0.15) is 0 Å². The molecule has 3 nitrogen and oxygen atoms in total. The fourth-order valence-corrected chi connectivity index (χ4v) is 2.44. The Labute approximate surface area is 108 Å². The molecule has 0 unspecified atom stereocenters. The van der Waals surface area contributed by atoms with Crippen LogP contribution in [0.4, 0.5) is 4.39 Å². The van der Waals surface area contributed by atoms with Crippen molar-refractivity contribution in [1.29, 1.82) is 0 Å². The van der Waals surface area contributed by atoms with E-state index in [1.54, 1.807) is 24.3 Å². The van der Waals surface area contributed by atoms with Gasteiger partial charge in [-0.15, -0.1) is 11.3 Å². The van der Waals surface area contributed by atoms with Gasteiger partial charge < -0.3 is 9.47 Å².